The van der Waals surface area contributed by atoms with Gasteiger partial charge in [-0.2, -0.15) is 0 Å². The van der Waals surface area contributed by atoms with Crippen LogP contribution in [-0.2, 0) is 4.74 Å². The minimum Gasteiger partial charge on any atom is -0.374 e. The monoisotopic (exact) mass is 112 g/mol. The molecule has 1 heterocycles. The van der Waals surface area contributed by atoms with Crippen LogP contribution in [0.1, 0.15) is 19.8 Å². The predicted octanol–water partition coefficient (Wildman–Crippen LogP) is 1.74. The molecule has 0 spiro atoms. The van der Waals surface area contributed by atoms with Crippen LogP contribution >= 0.6 is 0 Å². The highest BCUT2D eigenvalue weighted by atomic mass is 16.5. The van der Waals surface area contributed by atoms with Crippen molar-refractivity contribution >= 4 is 0 Å². The van der Waals surface area contributed by atoms with Crippen molar-refractivity contribution in [3.63, 3.8) is 0 Å². The van der Waals surface area contributed by atoms with Crippen molar-refractivity contribution in [2.24, 2.45) is 0 Å². The molecular weight excluding hydrogens is 100 g/mol. The molecule has 0 aromatic carbocycles. The van der Waals surface area contributed by atoms with Gasteiger partial charge in [-0.25, -0.2) is 0 Å². The molecule has 0 bridgehead atoms. The fraction of sp³-hybridized carbons (Fsp3) is 0.714. The molecule has 1 fully saturated rings. The molecule has 1 heteroatoms. The number of hydrogen-bond donors (Lipinski definition) is 0. The lowest BCUT2D eigenvalue weighted by molar-refractivity contribution is 0.0653. The highest BCUT2D eigenvalue weighted by Crippen LogP contribution is 2.16. The standard InChI is InChI=1S/C7H12O/c1-6-4-3-5-8-7(6)2/h7H,1,3-5H2,2H3/t7-/m1/s1. The molecule has 0 aliphatic carbocycles. The van der Waals surface area contributed by atoms with Crippen LogP contribution in [0.3, 0.4) is 0 Å². The van der Waals surface area contributed by atoms with Crippen LogP contribution in [0.2, 0.25) is 0 Å². The molecule has 0 unspecified atom stereocenters. The molecular formula is C7H12O. The van der Waals surface area contributed by atoms with Crippen LogP contribution in [0.15, 0.2) is 12.2 Å². The maximum absolute atomic E-state index is 5.29. The highest BCUT2D eigenvalue weighted by Gasteiger charge is 2.10. The fourth-order valence-electron chi connectivity index (χ4n) is 0.880. The molecule has 1 aliphatic rings. The molecule has 0 saturated carbocycles. The van der Waals surface area contributed by atoms with Gasteiger partial charge in [0, 0.05) is 6.61 Å². The van der Waals surface area contributed by atoms with Crippen LogP contribution in [0.4, 0.5) is 0 Å². The molecule has 0 amide bonds. The Labute approximate surface area is 50.3 Å². The molecule has 8 heavy (non-hydrogen) atoms. The van der Waals surface area contributed by atoms with Gasteiger partial charge in [0.2, 0.25) is 0 Å². The van der Waals surface area contributed by atoms with E-state index >= 15 is 0 Å². The SMILES string of the molecule is C=C1CCCO[C@@H]1C. The first kappa shape index (κ1) is 5.83. The van der Waals surface area contributed by atoms with E-state index in [1.165, 1.54) is 5.57 Å². The molecule has 0 radical (unpaired) electrons. The largest absolute Gasteiger partial charge is 0.374 e. The molecule has 46 valence electrons. The smallest absolute Gasteiger partial charge is 0.0754 e. The summed E-state index contributed by atoms with van der Waals surface area (Å²) in [6.45, 7) is 6.84. The van der Waals surface area contributed by atoms with E-state index in [4.69, 9.17) is 4.74 Å². The van der Waals surface area contributed by atoms with Gasteiger partial charge >= 0.3 is 0 Å². The van der Waals surface area contributed by atoms with Crippen LogP contribution < -0.4 is 0 Å². The van der Waals surface area contributed by atoms with Gasteiger partial charge in [0.25, 0.3) is 0 Å². The zero-order valence-corrected chi connectivity index (χ0v) is 5.31. The predicted molar refractivity (Wildman–Crippen MR) is 33.8 cm³/mol. The van der Waals surface area contributed by atoms with E-state index in [1.807, 2.05) is 0 Å². The Morgan fingerprint density at radius 3 is 2.88 bits per heavy atom. The number of rotatable bonds is 0. The Morgan fingerprint density at radius 2 is 2.50 bits per heavy atom. The van der Waals surface area contributed by atoms with Gasteiger partial charge in [0.1, 0.15) is 0 Å². The molecule has 0 N–H and O–H groups in total. The van der Waals surface area contributed by atoms with E-state index in [9.17, 15) is 0 Å². The lowest BCUT2D eigenvalue weighted by atomic mass is 10.1. The third-order valence-electron chi connectivity index (χ3n) is 1.58. The van der Waals surface area contributed by atoms with Crippen LogP contribution in [0.25, 0.3) is 0 Å². The molecule has 0 aromatic heterocycles. The molecule has 1 nitrogen and oxygen atoms in total. The van der Waals surface area contributed by atoms with Gasteiger partial charge in [0.15, 0.2) is 0 Å². The van der Waals surface area contributed by atoms with Crippen molar-refractivity contribution < 1.29 is 4.74 Å². The fourth-order valence-corrected chi connectivity index (χ4v) is 0.880. The van der Waals surface area contributed by atoms with Gasteiger partial charge in [-0.15, -0.1) is 0 Å². The van der Waals surface area contributed by atoms with E-state index in [1.54, 1.807) is 0 Å². The van der Waals surface area contributed by atoms with Gasteiger partial charge in [-0.05, 0) is 25.3 Å². The summed E-state index contributed by atoms with van der Waals surface area (Å²) in [7, 11) is 0. The average Bonchev–Trinajstić information content (AvgIpc) is 1.77. The molecule has 1 atom stereocenters. The van der Waals surface area contributed by atoms with E-state index in [0.717, 1.165) is 19.4 Å². The van der Waals surface area contributed by atoms with E-state index in [-0.39, 0.29) is 0 Å². The third-order valence-corrected chi connectivity index (χ3v) is 1.58. The van der Waals surface area contributed by atoms with E-state index in [0.29, 0.717) is 6.10 Å². The second-order valence-corrected chi connectivity index (χ2v) is 2.27. The second-order valence-electron chi connectivity index (χ2n) is 2.27. The first-order chi connectivity index (χ1) is 3.80. The first-order valence-corrected chi connectivity index (χ1v) is 3.10. The zero-order chi connectivity index (χ0) is 5.98. The van der Waals surface area contributed by atoms with Crippen molar-refractivity contribution in [2.45, 2.75) is 25.9 Å². The van der Waals surface area contributed by atoms with Crippen LogP contribution in [-0.4, -0.2) is 12.7 Å². The van der Waals surface area contributed by atoms with Gasteiger partial charge in [0.05, 0.1) is 6.10 Å². The summed E-state index contributed by atoms with van der Waals surface area (Å²) in [5, 5.41) is 0. The van der Waals surface area contributed by atoms with E-state index in [2.05, 4.69) is 13.5 Å². The third kappa shape index (κ3) is 1.10. The van der Waals surface area contributed by atoms with Crippen molar-refractivity contribution in [1.82, 2.24) is 0 Å². The Kier molecular flexibility index (Phi) is 1.69. The number of ether oxygens (including phenoxy) is 1. The normalized spacial score (nSPS) is 30.6. The second kappa shape index (κ2) is 2.31. The summed E-state index contributed by atoms with van der Waals surface area (Å²) < 4.78 is 5.29. The van der Waals surface area contributed by atoms with E-state index < -0.39 is 0 Å². The zero-order valence-electron chi connectivity index (χ0n) is 5.31. The lowest BCUT2D eigenvalue weighted by Crippen LogP contribution is -2.17. The highest BCUT2D eigenvalue weighted by molar-refractivity contribution is 5.02. The quantitative estimate of drug-likeness (QED) is 0.434. The topological polar surface area (TPSA) is 9.23 Å². The van der Waals surface area contributed by atoms with Gasteiger partial charge in [-0.3, -0.25) is 0 Å². The van der Waals surface area contributed by atoms with Gasteiger partial charge < -0.3 is 4.74 Å². The Balaban J connectivity index is 2.39. The summed E-state index contributed by atoms with van der Waals surface area (Å²) in [5.74, 6) is 0. The maximum atomic E-state index is 5.29. The molecule has 1 saturated heterocycles. The lowest BCUT2D eigenvalue weighted by Gasteiger charge is -2.20. The van der Waals surface area contributed by atoms with Crippen LogP contribution in [0, 0.1) is 0 Å². The molecule has 1 rings (SSSR count). The summed E-state index contributed by atoms with van der Waals surface area (Å²) in [5.41, 5.74) is 1.25. The minimum atomic E-state index is 0.309. The Hall–Kier alpha value is -0.300. The van der Waals surface area contributed by atoms with Gasteiger partial charge in [-0.1, -0.05) is 6.58 Å². The Morgan fingerprint density at radius 1 is 1.75 bits per heavy atom. The summed E-state index contributed by atoms with van der Waals surface area (Å²) in [4.78, 5) is 0. The molecule has 1 aliphatic heterocycles. The van der Waals surface area contributed by atoms with Crippen LogP contribution in [0.5, 0.6) is 0 Å². The first-order valence-electron chi connectivity index (χ1n) is 3.10. The van der Waals surface area contributed by atoms with Crippen molar-refractivity contribution in [2.75, 3.05) is 6.61 Å². The number of hydrogen-bond acceptors (Lipinski definition) is 1. The van der Waals surface area contributed by atoms with Crippen molar-refractivity contribution in [1.29, 1.82) is 0 Å². The van der Waals surface area contributed by atoms with Crippen molar-refractivity contribution in [3.05, 3.63) is 12.2 Å². The summed E-state index contributed by atoms with van der Waals surface area (Å²) in [6, 6.07) is 0. The maximum Gasteiger partial charge on any atom is 0.0754 e. The summed E-state index contributed by atoms with van der Waals surface area (Å²) >= 11 is 0. The van der Waals surface area contributed by atoms with Crippen molar-refractivity contribution in [3.8, 4) is 0 Å². The Bertz CT molecular complexity index is 96.6. The molecule has 0 aromatic rings. The minimum absolute atomic E-state index is 0.309. The average molecular weight is 112 g/mol. The summed E-state index contributed by atoms with van der Waals surface area (Å²) in [6.07, 6.45) is 2.62.